The Labute approximate surface area is 269 Å². The van der Waals surface area contributed by atoms with Crippen molar-refractivity contribution in [2.75, 3.05) is 13.2 Å². The number of carbonyl (C=O) groups is 1. The summed E-state index contributed by atoms with van der Waals surface area (Å²) in [6.07, 6.45) is -6.74. The van der Waals surface area contributed by atoms with Crippen LogP contribution in [0.15, 0.2) is 0 Å². The normalized spacial score (nSPS) is 18.8. The number of hydrogen-bond acceptors (Lipinski definition) is 8. The first-order valence-electron chi connectivity index (χ1n) is 13.3. The topological polar surface area (TPSA) is 155 Å². The highest BCUT2D eigenvalue weighted by Crippen LogP contribution is 2.22. The largest absolute Gasteiger partial charge is 0.394 e. The fourth-order valence-electron chi connectivity index (χ4n) is 2.94. The van der Waals surface area contributed by atoms with Crippen molar-refractivity contribution in [2.24, 2.45) is 5.73 Å². The van der Waals surface area contributed by atoms with Crippen molar-refractivity contribution in [1.29, 1.82) is 0 Å². The molecule has 1 aliphatic rings. The van der Waals surface area contributed by atoms with Gasteiger partial charge in [0.15, 0.2) is 6.29 Å². The first-order valence-corrected chi connectivity index (χ1v) is 13.3. The Kier molecular flexibility index (Phi) is 20.1. The summed E-state index contributed by atoms with van der Waals surface area (Å²) in [4.78, 5) is 12.2. The average Bonchev–Trinajstić information content (AvgIpc) is 3.06. The Morgan fingerprint density at radius 3 is 1.52 bits per heavy atom. The lowest BCUT2D eigenvalue weighted by atomic mass is 9.99. The van der Waals surface area contributed by atoms with E-state index in [2.05, 4.69) is 147 Å². The number of hydrogen-bond donors (Lipinski definition) is 6. The molecule has 0 aromatic rings. The second kappa shape index (κ2) is 24.4. The zero-order valence-electron chi connectivity index (χ0n) is 24.8. The number of aliphatic hydroxyl groups is 4. The second-order valence-electron chi connectivity index (χ2n) is 8.31. The molecule has 0 radical (unpaired) electrons. The maximum absolute atomic E-state index is 12.2. The molecule has 0 saturated carbocycles. The van der Waals surface area contributed by atoms with Gasteiger partial charge in [-0.1, -0.05) is 12.8 Å². The minimum Gasteiger partial charge on any atom is -0.394 e. The predicted octanol–water partition coefficient (Wildman–Crippen LogP) is -2.91. The highest BCUT2D eigenvalue weighted by atomic mass is 16.7. The van der Waals surface area contributed by atoms with Gasteiger partial charge in [-0.05, 0) is 108 Å². The molecule has 0 aromatic carbocycles. The van der Waals surface area contributed by atoms with E-state index in [1.54, 1.807) is 13.8 Å². The molecular weight excluding hydrogens is 584 g/mol. The van der Waals surface area contributed by atoms with Crippen molar-refractivity contribution in [3.8, 4) is 142 Å². The van der Waals surface area contributed by atoms with Gasteiger partial charge in [-0.15, -0.1) is 0 Å². The van der Waals surface area contributed by atoms with Crippen LogP contribution < -0.4 is 11.1 Å². The highest BCUT2D eigenvalue weighted by Gasteiger charge is 2.44. The molecule has 0 spiro atoms. The Balaban J connectivity index is 2.57. The molecule has 46 heavy (non-hydrogen) atoms. The summed E-state index contributed by atoms with van der Waals surface area (Å²) < 4.78 is 10.8. The zero-order valence-corrected chi connectivity index (χ0v) is 24.8. The molecule has 2 unspecified atom stereocenters. The zero-order chi connectivity index (χ0) is 33.8. The van der Waals surface area contributed by atoms with E-state index in [4.69, 9.17) is 15.2 Å². The molecule has 1 fully saturated rings. The molecular formula is C37H26N2O7. The SMILES string of the molecule is CC#CC#CC#CC#CC#CC#CC#CC#CC#CC#CC#CC#CC(=O)N[C@@H](CO[C@@H]1OC(CO)[C@H](O)[C@H](O)C1O)[C@H](N)CC. The van der Waals surface area contributed by atoms with E-state index >= 15 is 0 Å². The lowest BCUT2D eigenvalue weighted by Crippen LogP contribution is -2.60. The summed E-state index contributed by atoms with van der Waals surface area (Å²) in [6.45, 7) is 2.66. The maximum Gasteiger partial charge on any atom is 0.297 e. The lowest BCUT2D eigenvalue weighted by Gasteiger charge is -2.40. The van der Waals surface area contributed by atoms with Gasteiger partial charge in [-0.3, -0.25) is 4.79 Å². The van der Waals surface area contributed by atoms with Crippen LogP contribution in [-0.4, -0.2) is 82.3 Å². The summed E-state index contributed by atoms with van der Waals surface area (Å²) in [5.74, 6) is 58.5. The molecule has 1 rings (SSSR count). The summed E-state index contributed by atoms with van der Waals surface area (Å²) >= 11 is 0. The lowest BCUT2D eigenvalue weighted by molar-refractivity contribution is -0.302. The predicted molar refractivity (Wildman–Crippen MR) is 169 cm³/mol. The van der Waals surface area contributed by atoms with E-state index in [0.29, 0.717) is 6.42 Å². The Morgan fingerprint density at radius 1 is 0.717 bits per heavy atom. The van der Waals surface area contributed by atoms with Gasteiger partial charge in [0, 0.05) is 47.5 Å². The van der Waals surface area contributed by atoms with Crippen LogP contribution in [0.2, 0.25) is 0 Å². The van der Waals surface area contributed by atoms with Gasteiger partial charge in [-0.25, -0.2) is 0 Å². The van der Waals surface area contributed by atoms with Crippen molar-refractivity contribution in [2.45, 2.75) is 63.1 Å². The van der Waals surface area contributed by atoms with Crippen LogP contribution >= 0.6 is 0 Å². The van der Waals surface area contributed by atoms with Gasteiger partial charge in [-0.2, -0.15) is 0 Å². The minimum absolute atomic E-state index is 0.211. The van der Waals surface area contributed by atoms with Crippen LogP contribution in [0.5, 0.6) is 0 Å². The van der Waals surface area contributed by atoms with Gasteiger partial charge >= 0.3 is 0 Å². The third-order valence-electron chi connectivity index (χ3n) is 5.21. The Morgan fingerprint density at radius 2 is 1.13 bits per heavy atom. The fraction of sp³-hybridized carbons (Fsp3) is 0.324. The first kappa shape index (κ1) is 37.9. The minimum atomic E-state index is -1.60. The molecule has 1 aliphatic heterocycles. The average molecular weight is 611 g/mol. The van der Waals surface area contributed by atoms with Crippen molar-refractivity contribution < 1.29 is 34.7 Å². The van der Waals surface area contributed by atoms with Crippen LogP contribution in [0.4, 0.5) is 0 Å². The molecule has 9 heteroatoms. The smallest absolute Gasteiger partial charge is 0.297 e. The monoisotopic (exact) mass is 610 g/mol. The van der Waals surface area contributed by atoms with Gasteiger partial charge in [0.2, 0.25) is 0 Å². The number of ether oxygens (including phenoxy) is 2. The number of carbonyl (C=O) groups excluding carboxylic acids is 1. The highest BCUT2D eigenvalue weighted by molar-refractivity contribution is 5.94. The van der Waals surface area contributed by atoms with Gasteiger partial charge < -0.3 is 41.0 Å². The Hall–Kier alpha value is -6.09. The summed E-state index contributed by atoms with van der Waals surface area (Å²) in [6, 6.07) is -1.28. The standard InChI is InChI=1S/C37H26N2O7/c1-3-5-6-7-8-9-10-11-12-13-14-15-16-17-18-19-20-21-22-23-24-25-26-27-33(41)39-31(30(38)4-2)29-45-37-36(44)35(43)34(42)32(28-40)46-37/h30-32,34-37,40,42-44H,4,28-29,38H2,1-2H3,(H,39,41)/t30-,31+,32?,34+,35+,36?,37-/m1/s1. The quantitative estimate of drug-likeness (QED) is 0.168. The molecule has 7 atom stereocenters. The molecule has 1 heterocycles. The van der Waals surface area contributed by atoms with Crippen molar-refractivity contribution in [3.05, 3.63) is 0 Å². The van der Waals surface area contributed by atoms with Crippen LogP contribution in [-0.2, 0) is 14.3 Å². The summed E-state index contributed by atoms with van der Waals surface area (Å²) in [5, 5.41) is 41.8. The molecule has 0 aromatic heterocycles. The van der Waals surface area contributed by atoms with E-state index in [1.165, 1.54) is 0 Å². The van der Waals surface area contributed by atoms with Crippen LogP contribution in [0, 0.1) is 142 Å². The molecule has 226 valence electrons. The summed E-state index contributed by atoms with van der Waals surface area (Å²) in [5.41, 5.74) is 6.06. The Bertz CT molecular complexity index is 1880. The molecule has 0 aliphatic carbocycles. The van der Waals surface area contributed by atoms with Crippen molar-refractivity contribution >= 4 is 5.91 Å². The van der Waals surface area contributed by atoms with E-state index in [0.717, 1.165) is 0 Å². The number of nitrogens with two attached hydrogens (primary N) is 1. The van der Waals surface area contributed by atoms with Gasteiger partial charge in [0.25, 0.3) is 5.91 Å². The van der Waals surface area contributed by atoms with E-state index < -0.39 is 55.3 Å². The van der Waals surface area contributed by atoms with Crippen LogP contribution in [0.3, 0.4) is 0 Å². The third kappa shape index (κ3) is 16.5. The van der Waals surface area contributed by atoms with E-state index in [1.807, 2.05) is 0 Å². The molecule has 1 amide bonds. The molecule has 9 nitrogen and oxygen atoms in total. The molecule has 0 bridgehead atoms. The number of aliphatic hydroxyl groups excluding tert-OH is 4. The van der Waals surface area contributed by atoms with E-state index in [9.17, 15) is 25.2 Å². The van der Waals surface area contributed by atoms with Gasteiger partial charge in [0.1, 0.15) is 24.4 Å². The number of rotatable bonds is 7. The second-order valence-corrected chi connectivity index (χ2v) is 8.31. The van der Waals surface area contributed by atoms with Crippen molar-refractivity contribution in [1.82, 2.24) is 5.32 Å². The molecule has 7 N–H and O–H groups in total. The van der Waals surface area contributed by atoms with Crippen molar-refractivity contribution in [3.63, 3.8) is 0 Å². The van der Waals surface area contributed by atoms with Gasteiger partial charge in [0.05, 0.1) is 19.3 Å². The van der Waals surface area contributed by atoms with Crippen LogP contribution in [0.25, 0.3) is 0 Å². The summed E-state index contributed by atoms with van der Waals surface area (Å²) in [7, 11) is 0. The van der Waals surface area contributed by atoms with Crippen LogP contribution in [0.1, 0.15) is 20.3 Å². The number of nitrogens with one attached hydrogen (secondary N) is 1. The third-order valence-corrected chi connectivity index (χ3v) is 5.21. The molecule has 1 saturated heterocycles. The maximum atomic E-state index is 12.2. The number of amides is 1. The van der Waals surface area contributed by atoms with E-state index in [-0.39, 0.29) is 6.61 Å². The first-order chi connectivity index (χ1) is 22.3. The fourth-order valence-corrected chi connectivity index (χ4v) is 2.94.